The molecule has 0 saturated heterocycles. The summed E-state index contributed by atoms with van der Waals surface area (Å²) >= 11 is 0. The van der Waals surface area contributed by atoms with Crippen molar-refractivity contribution in [3.05, 3.63) is 48.0 Å². The molecule has 1 amide bonds. The van der Waals surface area contributed by atoms with Gasteiger partial charge in [0, 0.05) is 12.0 Å². The fraction of sp³-hybridized carbons (Fsp3) is 0.438. The van der Waals surface area contributed by atoms with Crippen molar-refractivity contribution in [3.8, 4) is 0 Å². The van der Waals surface area contributed by atoms with E-state index in [2.05, 4.69) is 5.32 Å². The third-order valence-corrected chi connectivity index (χ3v) is 3.53. The van der Waals surface area contributed by atoms with Crippen LogP contribution in [0.2, 0.25) is 0 Å². The molecule has 102 valence electrons. The van der Waals surface area contributed by atoms with Crippen molar-refractivity contribution in [2.24, 2.45) is 5.92 Å². The van der Waals surface area contributed by atoms with Gasteiger partial charge in [-0.3, -0.25) is 4.79 Å². The van der Waals surface area contributed by atoms with Crippen molar-refractivity contribution in [1.82, 2.24) is 5.32 Å². The van der Waals surface area contributed by atoms with Crippen LogP contribution < -0.4 is 5.32 Å². The summed E-state index contributed by atoms with van der Waals surface area (Å²) in [5.41, 5.74) is 0.895. The van der Waals surface area contributed by atoms with Crippen molar-refractivity contribution < 1.29 is 9.90 Å². The normalized spacial score (nSPS) is 18.2. The number of hydrogen-bond donors (Lipinski definition) is 2. The van der Waals surface area contributed by atoms with E-state index in [0.29, 0.717) is 6.42 Å². The number of carbonyl (C=O) groups is 1. The number of amides is 1. The first-order chi connectivity index (χ1) is 9.16. The van der Waals surface area contributed by atoms with E-state index in [4.69, 9.17) is 0 Å². The van der Waals surface area contributed by atoms with Crippen molar-refractivity contribution in [1.29, 1.82) is 0 Å². The maximum atomic E-state index is 11.9. The first kappa shape index (κ1) is 13.8. The molecule has 2 atom stereocenters. The number of benzene rings is 1. The van der Waals surface area contributed by atoms with Crippen LogP contribution in [0.4, 0.5) is 0 Å². The lowest BCUT2D eigenvalue weighted by Crippen LogP contribution is -2.37. The number of allylic oxidation sites excluding steroid dienone is 2. The molecule has 0 radical (unpaired) electrons. The minimum Gasteiger partial charge on any atom is -0.388 e. The van der Waals surface area contributed by atoms with Gasteiger partial charge in [-0.2, -0.15) is 0 Å². The molecule has 1 aromatic carbocycles. The van der Waals surface area contributed by atoms with E-state index in [0.717, 1.165) is 18.4 Å². The van der Waals surface area contributed by atoms with Crippen LogP contribution in [0.1, 0.15) is 37.9 Å². The summed E-state index contributed by atoms with van der Waals surface area (Å²) in [6.45, 7) is 1.94. The Kier molecular flexibility index (Phi) is 4.74. The summed E-state index contributed by atoms with van der Waals surface area (Å²) in [5.74, 6) is 0.175. The van der Waals surface area contributed by atoms with Gasteiger partial charge in [-0.25, -0.2) is 0 Å². The second-order valence-corrected chi connectivity index (χ2v) is 5.21. The third-order valence-electron chi connectivity index (χ3n) is 3.53. The molecule has 2 N–H and O–H groups in total. The number of aliphatic hydroxyl groups is 1. The van der Waals surface area contributed by atoms with Gasteiger partial charge in [-0.05, 0) is 31.7 Å². The molecule has 0 spiro atoms. The lowest BCUT2D eigenvalue weighted by atomic mass is 10.0. The number of nitrogens with one attached hydrogen (secondary N) is 1. The predicted molar refractivity (Wildman–Crippen MR) is 75.5 cm³/mol. The van der Waals surface area contributed by atoms with E-state index in [1.807, 2.05) is 49.4 Å². The zero-order chi connectivity index (χ0) is 13.7. The van der Waals surface area contributed by atoms with Crippen LogP contribution in [0.25, 0.3) is 0 Å². The number of aliphatic hydroxyl groups excluding tert-OH is 1. The van der Waals surface area contributed by atoms with Crippen LogP contribution in [0.5, 0.6) is 0 Å². The first-order valence-electron chi connectivity index (χ1n) is 6.85. The average molecular weight is 259 g/mol. The highest BCUT2D eigenvalue weighted by Crippen LogP contribution is 2.20. The minimum absolute atomic E-state index is 0.0247. The fourth-order valence-electron chi connectivity index (χ4n) is 2.40. The topological polar surface area (TPSA) is 49.3 Å². The number of rotatable bonds is 5. The summed E-state index contributed by atoms with van der Waals surface area (Å²) in [7, 11) is 0. The van der Waals surface area contributed by atoms with Gasteiger partial charge in [0.1, 0.15) is 0 Å². The van der Waals surface area contributed by atoms with Gasteiger partial charge in [0.15, 0.2) is 0 Å². The van der Waals surface area contributed by atoms with E-state index in [1.54, 1.807) is 0 Å². The van der Waals surface area contributed by atoms with Gasteiger partial charge in [0.25, 0.3) is 0 Å². The van der Waals surface area contributed by atoms with E-state index < -0.39 is 6.10 Å². The molecule has 0 aliphatic heterocycles. The molecule has 0 aromatic heterocycles. The minimum atomic E-state index is -0.529. The van der Waals surface area contributed by atoms with Crippen molar-refractivity contribution in [2.45, 2.75) is 38.3 Å². The Bertz CT molecular complexity index is 433. The Labute approximate surface area is 114 Å². The van der Waals surface area contributed by atoms with Gasteiger partial charge in [0.05, 0.1) is 6.10 Å². The van der Waals surface area contributed by atoms with Crippen LogP contribution in [0, 0.1) is 5.92 Å². The van der Waals surface area contributed by atoms with Crippen LogP contribution in [-0.4, -0.2) is 17.1 Å². The second-order valence-electron chi connectivity index (χ2n) is 5.21. The fourth-order valence-corrected chi connectivity index (χ4v) is 2.40. The van der Waals surface area contributed by atoms with E-state index in [1.165, 1.54) is 0 Å². The highest BCUT2D eigenvalue weighted by atomic mass is 16.3. The molecule has 1 aliphatic rings. The largest absolute Gasteiger partial charge is 0.388 e. The van der Waals surface area contributed by atoms with Gasteiger partial charge >= 0.3 is 0 Å². The maximum Gasteiger partial charge on any atom is 0.223 e. The van der Waals surface area contributed by atoms with Crippen LogP contribution in [-0.2, 0) is 4.79 Å². The standard InChI is InChI=1S/C16H21NO2/c1-12(17-16(19)14-9-5-6-10-14)11-15(18)13-7-3-2-4-8-13/h2-8,12,14-15,18H,9-11H2,1H3,(H,17,19). The van der Waals surface area contributed by atoms with Crippen LogP contribution in [0.3, 0.4) is 0 Å². The van der Waals surface area contributed by atoms with Crippen molar-refractivity contribution in [2.75, 3.05) is 0 Å². The molecule has 0 heterocycles. The molecular weight excluding hydrogens is 238 g/mol. The van der Waals surface area contributed by atoms with Gasteiger partial charge < -0.3 is 10.4 Å². The molecule has 1 aromatic rings. The zero-order valence-electron chi connectivity index (χ0n) is 11.3. The molecule has 1 aliphatic carbocycles. The van der Waals surface area contributed by atoms with E-state index >= 15 is 0 Å². The quantitative estimate of drug-likeness (QED) is 0.798. The average Bonchev–Trinajstić information content (AvgIpc) is 2.93. The smallest absolute Gasteiger partial charge is 0.223 e. The Hall–Kier alpha value is -1.61. The highest BCUT2D eigenvalue weighted by Gasteiger charge is 2.21. The van der Waals surface area contributed by atoms with E-state index in [9.17, 15) is 9.90 Å². The zero-order valence-corrected chi connectivity index (χ0v) is 11.3. The maximum absolute atomic E-state index is 11.9. The summed E-state index contributed by atoms with van der Waals surface area (Å²) in [4.78, 5) is 11.9. The molecular formula is C16H21NO2. The highest BCUT2D eigenvalue weighted by molar-refractivity contribution is 5.79. The Morgan fingerprint density at radius 1 is 1.32 bits per heavy atom. The molecule has 0 fully saturated rings. The first-order valence-corrected chi connectivity index (χ1v) is 6.85. The van der Waals surface area contributed by atoms with Gasteiger partial charge in [0.2, 0.25) is 5.91 Å². The molecule has 0 bridgehead atoms. The van der Waals surface area contributed by atoms with E-state index in [-0.39, 0.29) is 17.9 Å². The third kappa shape index (κ3) is 3.93. The summed E-state index contributed by atoms with van der Waals surface area (Å²) in [6.07, 6.45) is 5.77. The Morgan fingerprint density at radius 3 is 2.58 bits per heavy atom. The summed E-state index contributed by atoms with van der Waals surface area (Å²) in [5, 5.41) is 13.1. The number of carbonyl (C=O) groups excluding carboxylic acids is 1. The molecule has 2 rings (SSSR count). The summed E-state index contributed by atoms with van der Waals surface area (Å²) in [6, 6.07) is 9.52. The van der Waals surface area contributed by atoms with Crippen molar-refractivity contribution >= 4 is 5.91 Å². The monoisotopic (exact) mass is 259 g/mol. The van der Waals surface area contributed by atoms with Gasteiger partial charge in [-0.15, -0.1) is 0 Å². The molecule has 19 heavy (non-hydrogen) atoms. The number of hydrogen-bond acceptors (Lipinski definition) is 2. The SMILES string of the molecule is CC(CC(O)c1ccccc1)NC(=O)C1CC=CC1. The molecule has 3 heteroatoms. The lowest BCUT2D eigenvalue weighted by Gasteiger charge is -2.20. The predicted octanol–water partition coefficient (Wildman–Crippen LogP) is 2.58. The van der Waals surface area contributed by atoms with Crippen LogP contribution in [0.15, 0.2) is 42.5 Å². The molecule has 3 nitrogen and oxygen atoms in total. The Balaban J connectivity index is 1.80. The molecule has 0 saturated carbocycles. The van der Waals surface area contributed by atoms with Gasteiger partial charge in [-0.1, -0.05) is 42.5 Å². The lowest BCUT2D eigenvalue weighted by molar-refractivity contribution is -0.125. The van der Waals surface area contributed by atoms with Crippen LogP contribution >= 0.6 is 0 Å². The summed E-state index contributed by atoms with van der Waals surface area (Å²) < 4.78 is 0. The Morgan fingerprint density at radius 2 is 1.95 bits per heavy atom. The second kappa shape index (κ2) is 6.53. The van der Waals surface area contributed by atoms with Crippen molar-refractivity contribution in [3.63, 3.8) is 0 Å². The molecule has 2 unspecified atom stereocenters.